The Morgan fingerprint density at radius 3 is 2.48 bits per heavy atom. The molecule has 1 aromatic heterocycles. The number of benzene rings is 2. The van der Waals surface area contributed by atoms with Gasteiger partial charge in [-0.05, 0) is 28.7 Å². The molecule has 0 fully saturated rings. The van der Waals surface area contributed by atoms with Crippen LogP contribution < -0.4 is 5.32 Å². The molecule has 0 saturated carbocycles. The molecule has 3 rings (SSSR count). The summed E-state index contributed by atoms with van der Waals surface area (Å²) in [6.07, 6.45) is 0. The molecule has 0 radical (unpaired) electrons. The molecular weight excluding hydrogens is 338 g/mol. The van der Waals surface area contributed by atoms with Gasteiger partial charge in [0.15, 0.2) is 0 Å². The van der Waals surface area contributed by atoms with Crippen LogP contribution in [0.2, 0.25) is 0 Å². The van der Waals surface area contributed by atoms with Gasteiger partial charge in [-0.15, -0.1) is 0 Å². The molecule has 0 aliphatic heterocycles. The van der Waals surface area contributed by atoms with E-state index in [1.807, 2.05) is 18.2 Å². The Bertz CT molecular complexity index is 921. The average Bonchev–Trinajstić information content (AvgIpc) is 2.98. The fourth-order valence-corrected chi connectivity index (χ4v) is 3.09. The number of amides is 1. The maximum Gasteiger partial charge on any atom is 0.246 e. The number of methoxy groups -OCH3 is 1. The third-order valence-corrected chi connectivity index (χ3v) is 4.61. The molecule has 1 N–H and O–H groups in total. The highest BCUT2D eigenvalue weighted by Crippen LogP contribution is 2.23. The number of rotatable bonds is 6. The summed E-state index contributed by atoms with van der Waals surface area (Å²) in [6.45, 7) is 7.77. The lowest BCUT2D eigenvalue weighted by Gasteiger charge is -2.19. The van der Waals surface area contributed by atoms with Gasteiger partial charge in [-0.25, -0.2) is 4.98 Å². The Hall–Kier alpha value is -2.66. The van der Waals surface area contributed by atoms with Crippen molar-refractivity contribution in [3.05, 3.63) is 65.5 Å². The summed E-state index contributed by atoms with van der Waals surface area (Å²) in [5, 5.41) is 2.87. The van der Waals surface area contributed by atoms with Gasteiger partial charge in [0.1, 0.15) is 12.4 Å². The van der Waals surface area contributed by atoms with Crippen molar-refractivity contribution in [2.75, 3.05) is 13.7 Å². The minimum atomic E-state index is -0.148. The number of para-hydroxylation sites is 2. The third kappa shape index (κ3) is 4.55. The van der Waals surface area contributed by atoms with Crippen LogP contribution >= 0.6 is 0 Å². The summed E-state index contributed by atoms with van der Waals surface area (Å²) < 4.78 is 7.04. The molecule has 0 atom stereocenters. The molecule has 1 amide bonds. The molecule has 0 unspecified atom stereocenters. The summed E-state index contributed by atoms with van der Waals surface area (Å²) in [4.78, 5) is 16.5. The van der Waals surface area contributed by atoms with Crippen LogP contribution in [-0.4, -0.2) is 29.2 Å². The van der Waals surface area contributed by atoms with Crippen molar-refractivity contribution in [1.82, 2.24) is 14.9 Å². The molecule has 0 spiro atoms. The SMILES string of the molecule is COCC(=O)NCc1nc2ccccc2n1Cc1ccc(C(C)(C)C)cc1. The van der Waals surface area contributed by atoms with E-state index >= 15 is 0 Å². The van der Waals surface area contributed by atoms with E-state index in [2.05, 4.69) is 61.0 Å². The first-order valence-electron chi connectivity index (χ1n) is 9.17. The molecule has 3 aromatic rings. The number of carbonyl (C=O) groups excluding carboxylic acids is 1. The quantitative estimate of drug-likeness (QED) is 0.725. The minimum absolute atomic E-state index is 0.0501. The van der Waals surface area contributed by atoms with Crippen LogP contribution in [0, 0.1) is 0 Å². The minimum Gasteiger partial charge on any atom is -0.375 e. The van der Waals surface area contributed by atoms with Gasteiger partial charge in [0.25, 0.3) is 0 Å². The van der Waals surface area contributed by atoms with Gasteiger partial charge >= 0.3 is 0 Å². The maximum atomic E-state index is 11.8. The fourth-order valence-electron chi connectivity index (χ4n) is 3.09. The topological polar surface area (TPSA) is 56.1 Å². The first kappa shape index (κ1) is 19.1. The highest BCUT2D eigenvalue weighted by Gasteiger charge is 2.15. The Morgan fingerprint density at radius 1 is 1.11 bits per heavy atom. The van der Waals surface area contributed by atoms with E-state index in [1.54, 1.807) is 0 Å². The number of aromatic nitrogens is 2. The molecule has 2 aromatic carbocycles. The molecule has 0 saturated heterocycles. The summed E-state index contributed by atoms with van der Waals surface area (Å²) in [5.41, 5.74) is 4.65. The molecule has 5 nitrogen and oxygen atoms in total. The van der Waals surface area contributed by atoms with Crippen LogP contribution in [0.3, 0.4) is 0 Å². The Kier molecular flexibility index (Phi) is 5.61. The number of ether oxygens (including phenoxy) is 1. The van der Waals surface area contributed by atoms with E-state index in [-0.39, 0.29) is 17.9 Å². The molecule has 142 valence electrons. The Labute approximate surface area is 160 Å². The molecule has 1 heterocycles. The standard InChI is InChI=1S/C22H27N3O2/c1-22(2,3)17-11-9-16(10-12-17)14-25-19-8-6-5-7-18(19)24-20(25)13-23-21(26)15-27-4/h5-12H,13-15H2,1-4H3,(H,23,26). The van der Waals surface area contributed by atoms with Crippen molar-refractivity contribution < 1.29 is 9.53 Å². The highest BCUT2D eigenvalue weighted by molar-refractivity contribution is 5.78. The number of fused-ring (bicyclic) bond motifs is 1. The lowest BCUT2D eigenvalue weighted by Crippen LogP contribution is -2.28. The molecule has 27 heavy (non-hydrogen) atoms. The second-order valence-corrected chi connectivity index (χ2v) is 7.76. The first-order valence-corrected chi connectivity index (χ1v) is 9.17. The number of nitrogens with one attached hydrogen (secondary N) is 1. The summed E-state index contributed by atoms with van der Waals surface area (Å²) in [6, 6.07) is 16.8. The van der Waals surface area contributed by atoms with Gasteiger partial charge in [-0.1, -0.05) is 57.2 Å². The molecule has 0 bridgehead atoms. The average molecular weight is 365 g/mol. The van der Waals surface area contributed by atoms with Crippen LogP contribution in [0.15, 0.2) is 48.5 Å². The smallest absolute Gasteiger partial charge is 0.246 e. The van der Waals surface area contributed by atoms with E-state index in [9.17, 15) is 4.79 Å². The van der Waals surface area contributed by atoms with Gasteiger partial charge in [0.2, 0.25) is 5.91 Å². The van der Waals surface area contributed by atoms with Crippen molar-refractivity contribution in [3.63, 3.8) is 0 Å². The van der Waals surface area contributed by atoms with Gasteiger partial charge < -0.3 is 14.6 Å². The fraction of sp³-hybridized carbons (Fsp3) is 0.364. The van der Waals surface area contributed by atoms with E-state index in [0.29, 0.717) is 13.1 Å². The number of imidazole rings is 1. The second kappa shape index (κ2) is 7.92. The number of hydrogen-bond acceptors (Lipinski definition) is 3. The van der Waals surface area contributed by atoms with Crippen molar-refractivity contribution in [2.45, 2.75) is 39.3 Å². The largest absolute Gasteiger partial charge is 0.375 e. The number of nitrogens with zero attached hydrogens (tertiary/aromatic N) is 2. The monoisotopic (exact) mass is 365 g/mol. The van der Waals surface area contributed by atoms with Gasteiger partial charge in [-0.3, -0.25) is 4.79 Å². The lowest BCUT2D eigenvalue weighted by atomic mass is 9.87. The van der Waals surface area contributed by atoms with E-state index in [0.717, 1.165) is 16.9 Å². The Balaban J connectivity index is 1.88. The van der Waals surface area contributed by atoms with Crippen LogP contribution in [0.1, 0.15) is 37.7 Å². The maximum absolute atomic E-state index is 11.8. The zero-order valence-electron chi connectivity index (χ0n) is 16.5. The van der Waals surface area contributed by atoms with E-state index < -0.39 is 0 Å². The van der Waals surface area contributed by atoms with Gasteiger partial charge in [0, 0.05) is 13.7 Å². The number of carbonyl (C=O) groups is 1. The molecule has 5 heteroatoms. The molecule has 0 aliphatic rings. The predicted octanol–water partition coefficient (Wildman–Crippen LogP) is 3.64. The third-order valence-electron chi connectivity index (χ3n) is 4.61. The zero-order valence-corrected chi connectivity index (χ0v) is 16.5. The van der Waals surface area contributed by atoms with Gasteiger partial charge in [0.05, 0.1) is 17.6 Å². The summed E-state index contributed by atoms with van der Waals surface area (Å²) in [5.74, 6) is 0.686. The van der Waals surface area contributed by atoms with Crippen LogP contribution in [0.25, 0.3) is 11.0 Å². The van der Waals surface area contributed by atoms with Crippen LogP contribution in [0.4, 0.5) is 0 Å². The first-order chi connectivity index (χ1) is 12.9. The summed E-state index contributed by atoms with van der Waals surface area (Å²) >= 11 is 0. The van der Waals surface area contributed by atoms with Crippen molar-refractivity contribution in [3.8, 4) is 0 Å². The molecule has 0 aliphatic carbocycles. The van der Waals surface area contributed by atoms with Crippen molar-refractivity contribution in [2.24, 2.45) is 0 Å². The van der Waals surface area contributed by atoms with Gasteiger partial charge in [-0.2, -0.15) is 0 Å². The summed E-state index contributed by atoms with van der Waals surface area (Å²) in [7, 11) is 1.51. The number of hydrogen-bond donors (Lipinski definition) is 1. The zero-order chi connectivity index (χ0) is 19.4. The van der Waals surface area contributed by atoms with E-state index in [4.69, 9.17) is 9.72 Å². The predicted molar refractivity (Wildman–Crippen MR) is 108 cm³/mol. The normalized spacial score (nSPS) is 11.7. The lowest BCUT2D eigenvalue weighted by molar-refractivity contribution is -0.124. The second-order valence-electron chi connectivity index (χ2n) is 7.76. The van der Waals surface area contributed by atoms with Crippen molar-refractivity contribution in [1.29, 1.82) is 0 Å². The highest BCUT2D eigenvalue weighted by atomic mass is 16.5. The Morgan fingerprint density at radius 2 is 1.81 bits per heavy atom. The van der Waals surface area contributed by atoms with E-state index in [1.165, 1.54) is 18.2 Å². The van der Waals surface area contributed by atoms with Crippen LogP contribution in [-0.2, 0) is 28.0 Å². The molecular formula is C22H27N3O2. The van der Waals surface area contributed by atoms with Crippen LogP contribution in [0.5, 0.6) is 0 Å². The van der Waals surface area contributed by atoms with Crippen molar-refractivity contribution >= 4 is 16.9 Å².